The summed E-state index contributed by atoms with van der Waals surface area (Å²) in [6.45, 7) is 2.14. The summed E-state index contributed by atoms with van der Waals surface area (Å²) < 4.78 is 18.6. The van der Waals surface area contributed by atoms with E-state index in [-0.39, 0.29) is 11.9 Å². The number of hydrogen-bond donors (Lipinski definition) is 1. The molecule has 0 heterocycles. The second-order valence-corrected chi connectivity index (χ2v) is 3.99. The third-order valence-electron chi connectivity index (χ3n) is 2.73. The summed E-state index contributed by atoms with van der Waals surface area (Å²) in [6, 6.07) is 4.63. The van der Waals surface area contributed by atoms with Crippen LogP contribution in [0.15, 0.2) is 18.2 Å². The van der Waals surface area contributed by atoms with E-state index in [9.17, 15) is 4.39 Å². The zero-order valence-electron chi connectivity index (χ0n) is 10.0. The molecule has 0 aliphatic carbocycles. The van der Waals surface area contributed by atoms with Gasteiger partial charge in [-0.15, -0.1) is 0 Å². The molecule has 0 aliphatic rings. The molecule has 1 rings (SSSR count). The van der Waals surface area contributed by atoms with E-state index in [0.29, 0.717) is 11.3 Å². The van der Waals surface area contributed by atoms with Crippen molar-refractivity contribution in [3.63, 3.8) is 0 Å². The predicted molar refractivity (Wildman–Crippen MR) is 64.0 cm³/mol. The molecular formula is C13H20FNO. The molecule has 2 N–H and O–H groups in total. The van der Waals surface area contributed by atoms with Crippen molar-refractivity contribution in [2.45, 2.75) is 38.6 Å². The smallest absolute Gasteiger partial charge is 0.131 e. The van der Waals surface area contributed by atoms with Gasteiger partial charge in [-0.2, -0.15) is 0 Å². The summed E-state index contributed by atoms with van der Waals surface area (Å²) in [6.07, 6.45) is 4.17. The van der Waals surface area contributed by atoms with Crippen molar-refractivity contribution in [1.29, 1.82) is 0 Å². The van der Waals surface area contributed by atoms with E-state index < -0.39 is 0 Å². The van der Waals surface area contributed by atoms with Crippen molar-refractivity contribution in [2.75, 3.05) is 7.11 Å². The van der Waals surface area contributed by atoms with Gasteiger partial charge in [0, 0.05) is 17.7 Å². The largest absolute Gasteiger partial charge is 0.497 e. The number of benzene rings is 1. The van der Waals surface area contributed by atoms with Crippen LogP contribution >= 0.6 is 0 Å². The van der Waals surface area contributed by atoms with Crippen molar-refractivity contribution in [3.05, 3.63) is 29.6 Å². The summed E-state index contributed by atoms with van der Waals surface area (Å²) in [4.78, 5) is 0. The van der Waals surface area contributed by atoms with Gasteiger partial charge in [0.2, 0.25) is 0 Å². The van der Waals surface area contributed by atoms with Crippen LogP contribution in [-0.4, -0.2) is 7.11 Å². The molecule has 0 aromatic heterocycles. The molecule has 3 heteroatoms. The van der Waals surface area contributed by atoms with E-state index in [2.05, 4.69) is 6.92 Å². The van der Waals surface area contributed by atoms with Gasteiger partial charge in [-0.1, -0.05) is 32.3 Å². The number of hydrogen-bond acceptors (Lipinski definition) is 2. The Balaban J connectivity index is 2.64. The Kier molecular flexibility index (Phi) is 5.26. The molecule has 0 amide bonds. The number of rotatable bonds is 6. The monoisotopic (exact) mass is 225 g/mol. The third kappa shape index (κ3) is 3.49. The topological polar surface area (TPSA) is 35.2 Å². The molecule has 1 aromatic carbocycles. The number of unbranched alkanes of at least 4 members (excludes halogenated alkanes) is 2. The highest BCUT2D eigenvalue weighted by Gasteiger charge is 2.11. The summed E-state index contributed by atoms with van der Waals surface area (Å²) in [5, 5.41) is 0. The molecule has 2 nitrogen and oxygen atoms in total. The molecule has 0 spiro atoms. The molecule has 1 aromatic rings. The molecular weight excluding hydrogens is 205 g/mol. The first-order chi connectivity index (χ1) is 7.69. The van der Waals surface area contributed by atoms with Crippen molar-refractivity contribution in [1.82, 2.24) is 0 Å². The molecule has 0 fully saturated rings. The summed E-state index contributed by atoms with van der Waals surface area (Å²) in [7, 11) is 1.52. The molecule has 0 aliphatic heterocycles. The number of nitrogens with two attached hydrogens (primary N) is 1. The normalized spacial score (nSPS) is 12.5. The van der Waals surface area contributed by atoms with Crippen LogP contribution in [-0.2, 0) is 0 Å². The van der Waals surface area contributed by atoms with Crippen molar-refractivity contribution >= 4 is 0 Å². The lowest BCUT2D eigenvalue weighted by Gasteiger charge is -2.13. The Hall–Kier alpha value is -1.09. The average molecular weight is 225 g/mol. The molecule has 16 heavy (non-hydrogen) atoms. The first kappa shape index (κ1) is 13.0. The Morgan fingerprint density at radius 1 is 1.38 bits per heavy atom. The van der Waals surface area contributed by atoms with Crippen molar-refractivity contribution in [2.24, 2.45) is 5.73 Å². The van der Waals surface area contributed by atoms with Crippen LogP contribution in [0.4, 0.5) is 4.39 Å². The molecule has 0 radical (unpaired) electrons. The lowest BCUT2D eigenvalue weighted by Crippen LogP contribution is -2.12. The quantitative estimate of drug-likeness (QED) is 0.753. The van der Waals surface area contributed by atoms with Crippen molar-refractivity contribution in [3.8, 4) is 5.75 Å². The average Bonchev–Trinajstić information content (AvgIpc) is 2.29. The zero-order valence-corrected chi connectivity index (χ0v) is 10.0. The van der Waals surface area contributed by atoms with Crippen molar-refractivity contribution < 1.29 is 9.13 Å². The predicted octanol–water partition coefficient (Wildman–Crippen LogP) is 3.41. The third-order valence-corrected chi connectivity index (χ3v) is 2.73. The minimum absolute atomic E-state index is 0.211. The van der Waals surface area contributed by atoms with Crippen LogP contribution in [0.2, 0.25) is 0 Å². The van der Waals surface area contributed by atoms with Crippen LogP contribution in [0.25, 0.3) is 0 Å². The van der Waals surface area contributed by atoms with E-state index >= 15 is 0 Å². The maximum absolute atomic E-state index is 13.6. The highest BCUT2D eigenvalue weighted by molar-refractivity contribution is 5.30. The lowest BCUT2D eigenvalue weighted by atomic mass is 10.0. The molecule has 0 unspecified atom stereocenters. The standard InChI is InChI=1S/C13H20FNO/c1-3-4-5-6-13(15)11-8-7-10(16-2)9-12(11)14/h7-9,13H,3-6,15H2,1-2H3/t13-/m0/s1. The van der Waals surface area contributed by atoms with Gasteiger partial charge in [0.25, 0.3) is 0 Å². The minimum atomic E-state index is -0.275. The van der Waals surface area contributed by atoms with Gasteiger partial charge in [0.1, 0.15) is 11.6 Å². The highest BCUT2D eigenvalue weighted by Crippen LogP contribution is 2.23. The van der Waals surface area contributed by atoms with Crippen LogP contribution in [0.1, 0.15) is 44.2 Å². The SMILES string of the molecule is CCCCC[C@H](N)c1ccc(OC)cc1F. The summed E-state index contributed by atoms with van der Waals surface area (Å²) >= 11 is 0. The maximum atomic E-state index is 13.6. The van der Waals surface area contributed by atoms with Gasteiger partial charge < -0.3 is 10.5 Å². The molecule has 0 saturated carbocycles. The van der Waals surface area contributed by atoms with Gasteiger partial charge in [-0.25, -0.2) is 4.39 Å². The fourth-order valence-corrected chi connectivity index (χ4v) is 1.71. The van der Waals surface area contributed by atoms with E-state index in [0.717, 1.165) is 25.7 Å². The molecule has 90 valence electrons. The maximum Gasteiger partial charge on any atom is 0.131 e. The molecule has 1 atom stereocenters. The van der Waals surface area contributed by atoms with Gasteiger partial charge in [0.05, 0.1) is 7.11 Å². The number of methoxy groups -OCH3 is 1. The van der Waals surface area contributed by atoms with Crippen LogP contribution < -0.4 is 10.5 Å². The van der Waals surface area contributed by atoms with Crippen LogP contribution in [0.5, 0.6) is 5.75 Å². The van der Waals surface area contributed by atoms with Gasteiger partial charge >= 0.3 is 0 Å². The first-order valence-electron chi connectivity index (χ1n) is 5.78. The zero-order chi connectivity index (χ0) is 12.0. The van der Waals surface area contributed by atoms with Crippen LogP contribution in [0, 0.1) is 5.82 Å². The van der Waals surface area contributed by atoms with Crippen LogP contribution in [0.3, 0.4) is 0 Å². The van der Waals surface area contributed by atoms with E-state index in [1.807, 2.05) is 0 Å². The number of ether oxygens (including phenoxy) is 1. The van der Waals surface area contributed by atoms with Gasteiger partial charge in [0.15, 0.2) is 0 Å². The van der Waals surface area contributed by atoms with E-state index in [1.165, 1.54) is 13.2 Å². The summed E-state index contributed by atoms with van der Waals surface area (Å²) in [5.41, 5.74) is 6.53. The number of halogens is 1. The second-order valence-electron chi connectivity index (χ2n) is 3.99. The Labute approximate surface area is 96.6 Å². The minimum Gasteiger partial charge on any atom is -0.497 e. The van der Waals surface area contributed by atoms with E-state index in [4.69, 9.17) is 10.5 Å². The first-order valence-corrected chi connectivity index (χ1v) is 5.78. The summed E-state index contributed by atoms with van der Waals surface area (Å²) in [5.74, 6) is 0.255. The lowest BCUT2D eigenvalue weighted by molar-refractivity contribution is 0.410. The molecule has 0 saturated heterocycles. The fraction of sp³-hybridized carbons (Fsp3) is 0.538. The Bertz CT molecular complexity index is 328. The second kappa shape index (κ2) is 6.48. The fourth-order valence-electron chi connectivity index (χ4n) is 1.71. The Morgan fingerprint density at radius 2 is 2.12 bits per heavy atom. The van der Waals surface area contributed by atoms with E-state index in [1.54, 1.807) is 12.1 Å². The molecule has 0 bridgehead atoms. The highest BCUT2D eigenvalue weighted by atomic mass is 19.1. The van der Waals surface area contributed by atoms with Gasteiger partial charge in [-0.3, -0.25) is 0 Å². The Morgan fingerprint density at radius 3 is 2.69 bits per heavy atom. The van der Waals surface area contributed by atoms with Gasteiger partial charge in [-0.05, 0) is 12.5 Å².